The molecule has 2 aromatic heterocycles. The van der Waals surface area contributed by atoms with Crippen molar-refractivity contribution < 1.29 is 9.53 Å². The summed E-state index contributed by atoms with van der Waals surface area (Å²) in [7, 11) is 0. The number of H-pyrrole nitrogens is 1. The van der Waals surface area contributed by atoms with E-state index in [0.29, 0.717) is 35.5 Å². The van der Waals surface area contributed by atoms with Crippen LogP contribution in [0.3, 0.4) is 0 Å². The van der Waals surface area contributed by atoms with E-state index in [-0.39, 0.29) is 17.9 Å². The summed E-state index contributed by atoms with van der Waals surface area (Å²) in [6.07, 6.45) is 1.72. The molecular formula is C23H20N4O3. The lowest BCUT2D eigenvalue weighted by Gasteiger charge is -2.09. The number of aromatic amines is 1. The summed E-state index contributed by atoms with van der Waals surface area (Å²) in [6.45, 7) is 0.763. The largest absolute Gasteiger partial charge is 0.473 e. The van der Waals surface area contributed by atoms with Crippen LogP contribution in [0.5, 0.6) is 5.88 Å². The first-order valence-electron chi connectivity index (χ1n) is 9.54. The van der Waals surface area contributed by atoms with E-state index in [1.807, 2.05) is 42.5 Å². The Morgan fingerprint density at radius 3 is 2.57 bits per heavy atom. The van der Waals surface area contributed by atoms with Crippen molar-refractivity contribution >= 4 is 16.7 Å². The number of carbonyl (C=O) groups is 1. The fraction of sp³-hybridized carbons (Fsp3) is 0.130. The number of nitrogens with one attached hydrogen (secondary N) is 2. The summed E-state index contributed by atoms with van der Waals surface area (Å²) in [6, 6.07) is 20.6. The molecule has 0 aliphatic carbocycles. The number of hydrogen-bond donors (Lipinski definition) is 2. The van der Waals surface area contributed by atoms with Crippen molar-refractivity contribution in [3.8, 4) is 5.88 Å². The van der Waals surface area contributed by atoms with E-state index >= 15 is 0 Å². The van der Waals surface area contributed by atoms with Crippen LogP contribution in [0.4, 0.5) is 0 Å². The van der Waals surface area contributed by atoms with Crippen molar-refractivity contribution in [2.45, 2.75) is 19.6 Å². The Bertz CT molecular complexity index is 1220. The first kappa shape index (κ1) is 19.3. The second-order valence-corrected chi connectivity index (χ2v) is 6.78. The summed E-state index contributed by atoms with van der Waals surface area (Å²) < 4.78 is 5.73. The Morgan fingerprint density at radius 1 is 0.967 bits per heavy atom. The first-order valence-corrected chi connectivity index (χ1v) is 9.54. The second kappa shape index (κ2) is 9.00. The standard InChI is InChI=1S/C23H20N4O3/c28-21(13-20-18-8-4-5-9-19(18)23(29)27-26-20)25-14-17-10-11-24-22(12-17)30-15-16-6-2-1-3-7-16/h1-12H,13-15H2,(H,25,28)(H,27,29). The van der Waals surface area contributed by atoms with Crippen molar-refractivity contribution in [3.05, 3.63) is 100 Å². The van der Waals surface area contributed by atoms with Gasteiger partial charge in [-0.25, -0.2) is 10.1 Å². The van der Waals surface area contributed by atoms with Crippen LogP contribution in [0.15, 0.2) is 77.7 Å². The van der Waals surface area contributed by atoms with Crippen LogP contribution in [-0.2, 0) is 24.4 Å². The van der Waals surface area contributed by atoms with Gasteiger partial charge in [-0.05, 0) is 23.3 Å². The molecule has 0 fully saturated rings. The molecule has 7 nitrogen and oxygen atoms in total. The number of aromatic nitrogens is 3. The van der Waals surface area contributed by atoms with Gasteiger partial charge in [-0.1, -0.05) is 48.5 Å². The lowest BCUT2D eigenvalue weighted by Crippen LogP contribution is -2.26. The van der Waals surface area contributed by atoms with Crippen molar-refractivity contribution in [2.24, 2.45) is 0 Å². The van der Waals surface area contributed by atoms with Crippen LogP contribution in [0.1, 0.15) is 16.8 Å². The van der Waals surface area contributed by atoms with Gasteiger partial charge in [-0.2, -0.15) is 5.10 Å². The van der Waals surface area contributed by atoms with Crippen molar-refractivity contribution in [3.63, 3.8) is 0 Å². The van der Waals surface area contributed by atoms with E-state index in [1.54, 1.807) is 30.5 Å². The zero-order valence-electron chi connectivity index (χ0n) is 16.2. The highest BCUT2D eigenvalue weighted by Crippen LogP contribution is 2.14. The molecule has 2 N–H and O–H groups in total. The molecule has 4 aromatic rings. The third kappa shape index (κ3) is 4.70. The van der Waals surface area contributed by atoms with Gasteiger partial charge < -0.3 is 10.1 Å². The van der Waals surface area contributed by atoms with Gasteiger partial charge in [0.25, 0.3) is 5.56 Å². The van der Waals surface area contributed by atoms with Gasteiger partial charge in [-0.3, -0.25) is 9.59 Å². The molecule has 7 heteroatoms. The molecule has 0 unspecified atom stereocenters. The van der Waals surface area contributed by atoms with E-state index in [0.717, 1.165) is 11.1 Å². The van der Waals surface area contributed by atoms with Crippen molar-refractivity contribution in [1.82, 2.24) is 20.5 Å². The molecule has 0 aliphatic rings. The number of rotatable bonds is 7. The maximum Gasteiger partial charge on any atom is 0.272 e. The number of pyridine rings is 1. The molecule has 0 aliphatic heterocycles. The summed E-state index contributed by atoms with van der Waals surface area (Å²) >= 11 is 0. The number of ether oxygens (including phenoxy) is 1. The molecule has 0 atom stereocenters. The van der Waals surface area contributed by atoms with Gasteiger partial charge >= 0.3 is 0 Å². The van der Waals surface area contributed by atoms with E-state index < -0.39 is 0 Å². The molecular weight excluding hydrogens is 380 g/mol. The minimum absolute atomic E-state index is 0.0692. The quantitative estimate of drug-likeness (QED) is 0.497. The van der Waals surface area contributed by atoms with E-state index in [2.05, 4.69) is 20.5 Å². The number of fused-ring (bicyclic) bond motifs is 1. The number of benzene rings is 2. The van der Waals surface area contributed by atoms with Gasteiger partial charge in [0.15, 0.2) is 0 Å². The molecule has 150 valence electrons. The lowest BCUT2D eigenvalue weighted by atomic mass is 10.1. The van der Waals surface area contributed by atoms with E-state index in [9.17, 15) is 9.59 Å². The Labute approximate surface area is 172 Å². The number of hydrogen-bond acceptors (Lipinski definition) is 5. The average Bonchev–Trinajstić information content (AvgIpc) is 2.79. The lowest BCUT2D eigenvalue weighted by molar-refractivity contribution is -0.120. The van der Waals surface area contributed by atoms with Crippen LogP contribution in [0.25, 0.3) is 10.8 Å². The summed E-state index contributed by atoms with van der Waals surface area (Å²) in [5.74, 6) is 0.308. The minimum Gasteiger partial charge on any atom is -0.473 e. The van der Waals surface area contributed by atoms with Gasteiger partial charge in [0.05, 0.1) is 17.5 Å². The highest BCUT2D eigenvalue weighted by Gasteiger charge is 2.11. The van der Waals surface area contributed by atoms with Crippen LogP contribution >= 0.6 is 0 Å². The fourth-order valence-electron chi connectivity index (χ4n) is 3.09. The van der Waals surface area contributed by atoms with Gasteiger partial charge in [0.1, 0.15) is 6.61 Å². The Morgan fingerprint density at radius 2 is 1.73 bits per heavy atom. The summed E-state index contributed by atoms with van der Waals surface area (Å²) in [5.41, 5.74) is 2.19. The SMILES string of the molecule is O=C(Cc1n[nH]c(=O)c2ccccc12)NCc1ccnc(OCc2ccccc2)c1. The number of carbonyl (C=O) groups excluding carboxylic acids is 1. The fourth-order valence-corrected chi connectivity index (χ4v) is 3.09. The van der Waals surface area contributed by atoms with Crippen molar-refractivity contribution in [2.75, 3.05) is 0 Å². The average molecular weight is 400 g/mol. The molecule has 0 spiro atoms. The molecule has 2 aromatic carbocycles. The topological polar surface area (TPSA) is 97.0 Å². The normalized spacial score (nSPS) is 10.7. The maximum absolute atomic E-state index is 12.4. The highest BCUT2D eigenvalue weighted by molar-refractivity contribution is 5.88. The smallest absolute Gasteiger partial charge is 0.272 e. The molecule has 4 rings (SSSR count). The first-order chi connectivity index (χ1) is 14.7. The zero-order chi connectivity index (χ0) is 20.8. The van der Waals surface area contributed by atoms with Crippen LogP contribution < -0.4 is 15.6 Å². The summed E-state index contributed by atoms with van der Waals surface area (Å²) in [5, 5.41) is 10.6. The Hall–Kier alpha value is -4.00. The predicted molar refractivity (Wildman–Crippen MR) is 113 cm³/mol. The van der Waals surface area contributed by atoms with E-state index in [4.69, 9.17) is 4.74 Å². The molecule has 2 heterocycles. The third-order valence-corrected chi connectivity index (χ3v) is 4.62. The molecule has 1 amide bonds. The Kier molecular flexibility index (Phi) is 5.80. The summed E-state index contributed by atoms with van der Waals surface area (Å²) in [4.78, 5) is 28.5. The highest BCUT2D eigenvalue weighted by atomic mass is 16.5. The van der Waals surface area contributed by atoms with Crippen LogP contribution in [0, 0.1) is 0 Å². The van der Waals surface area contributed by atoms with Gasteiger partial charge in [0.2, 0.25) is 11.8 Å². The van der Waals surface area contributed by atoms with Crippen LogP contribution in [0.2, 0.25) is 0 Å². The van der Waals surface area contributed by atoms with E-state index in [1.165, 1.54) is 0 Å². The maximum atomic E-state index is 12.4. The van der Waals surface area contributed by atoms with Crippen LogP contribution in [-0.4, -0.2) is 21.1 Å². The minimum atomic E-state index is -0.269. The molecule has 0 bridgehead atoms. The van der Waals surface area contributed by atoms with Gasteiger partial charge in [0, 0.05) is 24.2 Å². The number of nitrogens with zero attached hydrogens (tertiary/aromatic N) is 2. The zero-order valence-corrected chi connectivity index (χ0v) is 16.2. The monoisotopic (exact) mass is 400 g/mol. The molecule has 0 radical (unpaired) electrons. The number of amides is 1. The predicted octanol–water partition coefficient (Wildman–Crippen LogP) is 2.76. The molecule has 0 saturated carbocycles. The van der Waals surface area contributed by atoms with Crippen molar-refractivity contribution in [1.29, 1.82) is 0 Å². The molecule has 0 saturated heterocycles. The third-order valence-electron chi connectivity index (χ3n) is 4.62. The van der Waals surface area contributed by atoms with Gasteiger partial charge in [-0.15, -0.1) is 0 Å². The molecule has 30 heavy (non-hydrogen) atoms. The second-order valence-electron chi connectivity index (χ2n) is 6.78. The Balaban J connectivity index is 1.36.